The topological polar surface area (TPSA) is 61.9 Å². The van der Waals surface area contributed by atoms with Crippen molar-refractivity contribution in [2.45, 2.75) is 31.8 Å². The maximum Gasteiger partial charge on any atom is 0.156 e. The number of piperidine rings is 1. The van der Waals surface area contributed by atoms with Gasteiger partial charge in [-0.05, 0) is 30.8 Å². The van der Waals surface area contributed by atoms with Gasteiger partial charge in [-0.2, -0.15) is 0 Å². The maximum absolute atomic E-state index is 8.77. The van der Waals surface area contributed by atoms with Gasteiger partial charge in [0.1, 0.15) is 0 Å². The molecule has 4 nitrogen and oxygen atoms in total. The summed E-state index contributed by atoms with van der Waals surface area (Å²) in [5.41, 5.74) is 5.73. The van der Waals surface area contributed by atoms with E-state index in [9.17, 15) is 0 Å². The van der Waals surface area contributed by atoms with Crippen LogP contribution in [0.3, 0.4) is 0 Å². The molecular weight excluding hydrogens is 222 g/mol. The molecule has 0 saturated carbocycles. The molecule has 1 atom stereocenters. The highest BCUT2D eigenvalue weighted by Gasteiger charge is 2.25. The summed E-state index contributed by atoms with van der Waals surface area (Å²) in [5, 5.41) is 14.0. The van der Waals surface area contributed by atoms with Crippen molar-refractivity contribution >= 4 is 17.2 Å². The van der Waals surface area contributed by atoms with E-state index in [1.54, 1.807) is 11.3 Å². The quantitative estimate of drug-likeness (QED) is 0.366. The molecule has 1 fully saturated rings. The van der Waals surface area contributed by atoms with Crippen LogP contribution in [0.25, 0.3) is 0 Å². The van der Waals surface area contributed by atoms with Crippen molar-refractivity contribution in [2.75, 3.05) is 6.54 Å². The fourth-order valence-electron chi connectivity index (χ4n) is 2.18. The van der Waals surface area contributed by atoms with Crippen molar-refractivity contribution in [1.29, 1.82) is 0 Å². The highest BCUT2D eigenvalue weighted by Crippen LogP contribution is 2.21. The van der Waals surface area contributed by atoms with Crippen LogP contribution >= 0.6 is 11.3 Å². The molecule has 1 aromatic rings. The molecule has 1 saturated heterocycles. The number of nitrogens with two attached hydrogens (primary N) is 1. The van der Waals surface area contributed by atoms with Gasteiger partial charge in [0, 0.05) is 11.4 Å². The molecule has 0 aromatic carbocycles. The third-order valence-corrected chi connectivity index (χ3v) is 3.87. The predicted molar refractivity (Wildman–Crippen MR) is 65.8 cm³/mol. The molecule has 5 heteroatoms. The zero-order chi connectivity index (χ0) is 11.4. The zero-order valence-corrected chi connectivity index (χ0v) is 9.99. The monoisotopic (exact) mass is 239 g/mol. The van der Waals surface area contributed by atoms with Crippen LogP contribution in [0, 0.1) is 0 Å². The fourth-order valence-corrected chi connectivity index (χ4v) is 2.91. The molecule has 1 aromatic heterocycles. The lowest BCUT2D eigenvalue weighted by Gasteiger charge is -2.34. The summed E-state index contributed by atoms with van der Waals surface area (Å²) in [6.45, 7) is 1.93. The number of rotatable bonds is 3. The summed E-state index contributed by atoms with van der Waals surface area (Å²) in [4.78, 5) is 3.63. The summed E-state index contributed by atoms with van der Waals surface area (Å²) in [6.07, 6.45) is 3.34. The lowest BCUT2D eigenvalue weighted by Crippen LogP contribution is -2.47. The molecule has 2 rings (SSSR count). The Kier molecular flexibility index (Phi) is 3.79. The van der Waals surface area contributed by atoms with E-state index in [4.69, 9.17) is 10.9 Å². The lowest BCUT2D eigenvalue weighted by molar-refractivity contribution is 0.180. The summed E-state index contributed by atoms with van der Waals surface area (Å²) in [7, 11) is 0. The van der Waals surface area contributed by atoms with E-state index < -0.39 is 0 Å². The molecule has 1 unspecified atom stereocenters. The minimum Gasteiger partial charge on any atom is -0.409 e. The summed E-state index contributed by atoms with van der Waals surface area (Å²) < 4.78 is 0. The van der Waals surface area contributed by atoms with Gasteiger partial charge in [0.2, 0.25) is 0 Å². The number of likely N-dealkylation sites (tertiary alicyclic amines) is 1. The van der Waals surface area contributed by atoms with Crippen LogP contribution in [0.4, 0.5) is 0 Å². The van der Waals surface area contributed by atoms with Crippen molar-refractivity contribution in [1.82, 2.24) is 4.90 Å². The largest absolute Gasteiger partial charge is 0.409 e. The van der Waals surface area contributed by atoms with Gasteiger partial charge in [0.05, 0.1) is 6.04 Å². The summed E-state index contributed by atoms with van der Waals surface area (Å²) in [6, 6.07) is 4.28. The number of oxime groups is 1. The van der Waals surface area contributed by atoms with Gasteiger partial charge in [-0.25, -0.2) is 0 Å². The van der Waals surface area contributed by atoms with Gasteiger partial charge in [-0.3, -0.25) is 4.90 Å². The Labute approximate surface area is 99.4 Å². The molecule has 1 aliphatic heterocycles. The average Bonchev–Trinajstić information content (AvgIpc) is 2.82. The fraction of sp³-hybridized carbons (Fsp3) is 0.545. The first kappa shape index (κ1) is 11.4. The Hall–Kier alpha value is -1.07. The Bertz CT molecular complexity index is 350. The van der Waals surface area contributed by atoms with Gasteiger partial charge in [-0.1, -0.05) is 17.6 Å². The zero-order valence-electron chi connectivity index (χ0n) is 9.17. The van der Waals surface area contributed by atoms with Gasteiger partial charge >= 0.3 is 0 Å². The second-order valence-corrected chi connectivity index (χ2v) is 5.12. The molecule has 1 aliphatic rings. The van der Waals surface area contributed by atoms with Gasteiger partial charge in [-0.15, -0.1) is 11.3 Å². The first-order chi connectivity index (χ1) is 7.81. The van der Waals surface area contributed by atoms with Crippen LogP contribution in [-0.4, -0.2) is 28.5 Å². The number of hydrogen-bond donors (Lipinski definition) is 2. The second kappa shape index (κ2) is 5.32. The molecule has 16 heavy (non-hydrogen) atoms. The molecule has 0 radical (unpaired) electrons. The van der Waals surface area contributed by atoms with E-state index in [1.807, 2.05) is 0 Å². The number of amidine groups is 1. The van der Waals surface area contributed by atoms with Gasteiger partial charge < -0.3 is 10.9 Å². The van der Waals surface area contributed by atoms with Crippen LogP contribution in [0.5, 0.6) is 0 Å². The van der Waals surface area contributed by atoms with Crippen LogP contribution in [0.2, 0.25) is 0 Å². The Balaban J connectivity index is 2.05. The van der Waals surface area contributed by atoms with Crippen LogP contribution in [0.15, 0.2) is 22.7 Å². The Morgan fingerprint density at radius 3 is 3.19 bits per heavy atom. The molecule has 0 bridgehead atoms. The van der Waals surface area contributed by atoms with Crippen molar-refractivity contribution < 1.29 is 5.21 Å². The molecule has 3 N–H and O–H groups in total. The maximum atomic E-state index is 8.77. The molecular formula is C11H17N3OS. The predicted octanol–water partition coefficient (Wildman–Crippen LogP) is 1.85. The highest BCUT2D eigenvalue weighted by molar-refractivity contribution is 7.09. The van der Waals surface area contributed by atoms with Crippen molar-refractivity contribution in [3.8, 4) is 0 Å². The smallest absolute Gasteiger partial charge is 0.156 e. The molecule has 2 heterocycles. The van der Waals surface area contributed by atoms with E-state index >= 15 is 0 Å². The minimum absolute atomic E-state index is 0.0980. The van der Waals surface area contributed by atoms with Crippen LogP contribution < -0.4 is 5.73 Å². The highest BCUT2D eigenvalue weighted by atomic mass is 32.1. The van der Waals surface area contributed by atoms with Crippen molar-refractivity contribution in [2.24, 2.45) is 10.9 Å². The number of nitrogens with zero attached hydrogens (tertiary/aromatic N) is 2. The summed E-state index contributed by atoms with van der Waals surface area (Å²) >= 11 is 1.75. The third-order valence-electron chi connectivity index (χ3n) is 3.01. The molecule has 88 valence electrons. The van der Waals surface area contributed by atoms with Gasteiger partial charge in [0.15, 0.2) is 5.84 Å². The summed E-state index contributed by atoms with van der Waals surface area (Å²) in [5.74, 6) is 0.344. The van der Waals surface area contributed by atoms with Crippen molar-refractivity contribution in [3.63, 3.8) is 0 Å². The Morgan fingerprint density at radius 2 is 2.50 bits per heavy atom. The van der Waals surface area contributed by atoms with E-state index in [0.29, 0.717) is 5.84 Å². The number of hydrogen-bond acceptors (Lipinski definition) is 4. The molecule has 0 aliphatic carbocycles. The lowest BCUT2D eigenvalue weighted by atomic mass is 10.0. The molecule has 0 spiro atoms. The molecule has 0 amide bonds. The average molecular weight is 239 g/mol. The van der Waals surface area contributed by atoms with E-state index in [-0.39, 0.29) is 6.04 Å². The van der Waals surface area contributed by atoms with Gasteiger partial charge in [0.25, 0.3) is 0 Å². The minimum atomic E-state index is 0.0980. The first-order valence-corrected chi connectivity index (χ1v) is 6.43. The van der Waals surface area contributed by atoms with E-state index in [1.165, 1.54) is 11.3 Å². The third kappa shape index (κ3) is 2.54. The standard InChI is InChI=1S/C11H17N3OS/c12-11(13-15)10-5-1-2-6-14(10)8-9-4-3-7-16-9/h3-4,7,10,15H,1-2,5-6,8H2,(H2,12,13). The van der Waals surface area contributed by atoms with Crippen LogP contribution in [-0.2, 0) is 6.54 Å². The van der Waals surface area contributed by atoms with Crippen molar-refractivity contribution in [3.05, 3.63) is 22.4 Å². The number of thiophene rings is 1. The van der Waals surface area contributed by atoms with E-state index in [2.05, 4.69) is 27.6 Å². The Morgan fingerprint density at radius 1 is 1.62 bits per heavy atom. The second-order valence-electron chi connectivity index (χ2n) is 4.09. The normalized spacial score (nSPS) is 23.5. The SMILES string of the molecule is NC(=NO)C1CCCCN1Cc1cccs1. The first-order valence-electron chi connectivity index (χ1n) is 5.55. The van der Waals surface area contributed by atoms with E-state index in [0.717, 1.165) is 25.9 Å². The van der Waals surface area contributed by atoms with Crippen LogP contribution in [0.1, 0.15) is 24.1 Å².